The summed E-state index contributed by atoms with van der Waals surface area (Å²) in [5.41, 5.74) is 12.0. The van der Waals surface area contributed by atoms with Crippen molar-refractivity contribution in [1.29, 1.82) is 0 Å². The summed E-state index contributed by atoms with van der Waals surface area (Å²) in [6, 6.07) is 0. The summed E-state index contributed by atoms with van der Waals surface area (Å²) in [7, 11) is 0. The van der Waals surface area contributed by atoms with E-state index in [-0.39, 0.29) is 28.2 Å². The summed E-state index contributed by atoms with van der Waals surface area (Å²) in [6.45, 7) is 0. The third kappa shape index (κ3) is 3.04. The van der Waals surface area contributed by atoms with Gasteiger partial charge in [0.15, 0.2) is 0 Å². The molecule has 1 aliphatic rings. The van der Waals surface area contributed by atoms with E-state index in [1.54, 1.807) is 0 Å². The van der Waals surface area contributed by atoms with Crippen LogP contribution in [-0.4, -0.2) is 7.09 Å². The molecule has 2 atom stereocenters. The summed E-state index contributed by atoms with van der Waals surface area (Å²) >= 11 is 4.56. The zero-order chi connectivity index (χ0) is 7.83. The molecule has 5 heteroatoms. The van der Waals surface area contributed by atoms with Gasteiger partial charge in [-0.3, -0.25) is 0 Å². The molecular formula is C6H12I2N2Pt+2. The van der Waals surface area contributed by atoms with Crippen LogP contribution in [0.2, 0.25) is 0 Å². The molecule has 1 aliphatic carbocycles. The molecule has 4 N–H and O–H groups in total. The molecule has 0 bridgehead atoms. The van der Waals surface area contributed by atoms with E-state index >= 15 is 0 Å². The van der Waals surface area contributed by atoms with Crippen LogP contribution in [0.3, 0.4) is 0 Å². The smallest absolute Gasteiger partial charge is 0.315 e. The molecular weight excluding hydrogens is 549 g/mol. The summed E-state index contributed by atoms with van der Waals surface area (Å²) in [6.07, 6.45) is 4.54. The predicted molar refractivity (Wildman–Crippen MR) is 60.3 cm³/mol. The Hall–Kier alpha value is 2.07. The second kappa shape index (κ2) is 4.53. The molecule has 0 saturated heterocycles. The Morgan fingerprint density at radius 3 is 1.36 bits per heavy atom. The first kappa shape index (κ1) is 13.1. The van der Waals surface area contributed by atoms with Crippen LogP contribution in [0.4, 0.5) is 0 Å². The van der Waals surface area contributed by atoms with Crippen LogP contribution in [-0.2, 0) is 21.1 Å². The van der Waals surface area contributed by atoms with Gasteiger partial charge in [-0.25, -0.2) is 0 Å². The Morgan fingerprint density at radius 2 is 1.18 bits per heavy atom. The van der Waals surface area contributed by atoms with Crippen molar-refractivity contribution in [2.24, 2.45) is 11.5 Å². The van der Waals surface area contributed by atoms with Gasteiger partial charge in [0.2, 0.25) is 0 Å². The number of alkyl halides is 2. The van der Waals surface area contributed by atoms with Crippen molar-refractivity contribution in [3.05, 3.63) is 0 Å². The van der Waals surface area contributed by atoms with E-state index in [4.69, 9.17) is 11.5 Å². The molecule has 2 nitrogen and oxygen atoms in total. The van der Waals surface area contributed by atoms with Crippen LogP contribution in [0.5, 0.6) is 0 Å². The molecule has 0 radical (unpaired) electrons. The van der Waals surface area contributed by atoms with Gasteiger partial charge in [-0.2, -0.15) is 0 Å². The summed E-state index contributed by atoms with van der Waals surface area (Å²) < 4.78 is -0.382. The van der Waals surface area contributed by atoms with Crippen molar-refractivity contribution >= 4 is 45.2 Å². The Kier molecular flexibility index (Phi) is 5.38. The minimum Gasteiger partial charge on any atom is -0.315 e. The van der Waals surface area contributed by atoms with Crippen molar-refractivity contribution in [3.63, 3.8) is 0 Å². The Morgan fingerprint density at radius 1 is 0.909 bits per heavy atom. The molecule has 0 aliphatic heterocycles. The van der Waals surface area contributed by atoms with Gasteiger partial charge >= 0.3 is 21.1 Å². The zero-order valence-corrected chi connectivity index (χ0v) is 12.6. The number of hydrogen-bond acceptors (Lipinski definition) is 2. The molecule has 0 aromatic rings. The standard InChI is InChI=1S/C6H12I2N2.Pt/c7-5(9)3-1-2-4-6(5,8)10;/h1-4,9-10H2;/q;+2. The normalized spacial score (nSPS) is 44.7. The number of hydrogen-bond donors (Lipinski definition) is 2. The first-order valence-corrected chi connectivity index (χ1v) is 5.57. The molecule has 0 aromatic carbocycles. The molecule has 1 rings (SSSR count). The average molecular weight is 561 g/mol. The molecule has 1 fully saturated rings. The van der Waals surface area contributed by atoms with E-state index in [1.807, 2.05) is 0 Å². The fourth-order valence-electron chi connectivity index (χ4n) is 1.18. The summed E-state index contributed by atoms with van der Waals surface area (Å²) in [5, 5.41) is 0. The first-order valence-electron chi connectivity index (χ1n) is 3.41. The molecule has 0 heterocycles. The molecule has 0 amide bonds. The first-order chi connectivity index (χ1) is 4.46. The summed E-state index contributed by atoms with van der Waals surface area (Å²) in [4.78, 5) is 0. The van der Waals surface area contributed by atoms with Gasteiger partial charge < -0.3 is 11.5 Å². The third-order valence-corrected chi connectivity index (χ3v) is 6.06. The quantitative estimate of drug-likeness (QED) is 0.269. The number of nitrogens with two attached hydrogens (primary N) is 2. The van der Waals surface area contributed by atoms with Crippen LogP contribution < -0.4 is 11.5 Å². The van der Waals surface area contributed by atoms with E-state index in [0.29, 0.717) is 0 Å². The number of rotatable bonds is 0. The van der Waals surface area contributed by atoms with Gasteiger partial charge in [-0.1, -0.05) is 58.0 Å². The maximum Gasteiger partial charge on any atom is 2.00 e. The van der Waals surface area contributed by atoms with Crippen molar-refractivity contribution in [3.8, 4) is 0 Å². The average Bonchev–Trinajstić information content (AvgIpc) is 1.77. The molecule has 0 aromatic heterocycles. The second-order valence-corrected chi connectivity index (χ2v) is 6.78. The second-order valence-electron chi connectivity index (χ2n) is 2.93. The van der Waals surface area contributed by atoms with Crippen molar-refractivity contribution < 1.29 is 21.1 Å². The fraction of sp³-hybridized carbons (Fsp3) is 1.00. The zero-order valence-electron chi connectivity index (χ0n) is 6.06. The molecule has 0 spiro atoms. The van der Waals surface area contributed by atoms with Crippen LogP contribution in [0.1, 0.15) is 25.7 Å². The van der Waals surface area contributed by atoms with Crippen LogP contribution in [0.15, 0.2) is 0 Å². The van der Waals surface area contributed by atoms with Crippen LogP contribution in [0.25, 0.3) is 0 Å². The van der Waals surface area contributed by atoms with Crippen molar-refractivity contribution in [1.82, 2.24) is 0 Å². The van der Waals surface area contributed by atoms with Gasteiger partial charge in [0.05, 0.1) is 7.09 Å². The Balaban J connectivity index is 0.000001000. The summed E-state index contributed by atoms with van der Waals surface area (Å²) in [5.74, 6) is 0. The molecule has 1 saturated carbocycles. The predicted octanol–water partition coefficient (Wildman–Crippen LogP) is 1.74. The van der Waals surface area contributed by atoms with Crippen molar-refractivity contribution in [2.45, 2.75) is 32.8 Å². The molecule has 68 valence electrons. The minimum atomic E-state index is -0.191. The topological polar surface area (TPSA) is 52.0 Å². The van der Waals surface area contributed by atoms with Gasteiger partial charge in [0.25, 0.3) is 0 Å². The van der Waals surface area contributed by atoms with Gasteiger partial charge in [-0.05, 0) is 12.8 Å². The number of halogens is 2. The van der Waals surface area contributed by atoms with E-state index < -0.39 is 0 Å². The largest absolute Gasteiger partial charge is 2.00 e. The van der Waals surface area contributed by atoms with Crippen LogP contribution >= 0.6 is 45.2 Å². The van der Waals surface area contributed by atoms with E-state index in [0.717, 1.165) is 12.8 Å². The van der Waals surface area contributed by atoms with Crippen LogP contribution in [0, 0.1) is 0 Å². The van der Waals surface area contributed by atoms with E-state index in [2.05, 4.69) is 45.2 Å². The maximum absolute atomic E-state index is 6.01. The monoisotopic (exact) mass is 561 g/mol. The minimum absolute atomic E-state index is 0. The van der Waals surface area contributed by atoms with E-state index in [9.17, 15) is 0 Å². The van der Waals surface area contributed by atoms with E-state index in [1.165, 1.54) is 12.8 Å². The third-order valence-electron chi connectivity index (χ3n) is 2.02. The Bertz CT molecular complexity index is 123. The van der Waals surface area contributed by atoms with Gasteiger partial charge in [-0.15, -0.1) is 0 Å². The van der Waals surface area contributed by atoms with Gasteiger partial charge in [0, 0.05) is 0 Å². The van der Waals surface area contributed by atoms with Gasteiger partial charge in [0.1, 0.15) is 0 Å². The fourth-order valence-corrected chi connectivity index (χ4v) is 2.48. The molecule has 11 heavy (non-hydrogen) atoms. The molecule has 2 unspecified atom stereocenters. The SMILES string of the molecule is NC1(I)CCCCC1(N)I.[Pt+2]. The maximum atomic E-state index is 6.01. The Labute approximate surface area is 109 Å². The van der Waals surface area contributed by atoms with Crippen molar-refractivity contribution in [2.75, 3.05) is 0 Å².